The fourth-order valence-electron chi connectivity index (χ4n) is 5.21. The molecule has 1 heterocycles. The molecule has 0 aliphatic carbocycles. The molecule has 0 spiro atoms. The molecule has 1 aromatic heterocycles. The van der Waals surface area contributed by atoms with Gasteiger partial charge >= 0.3 is 0 Å². The topological polar surface area (TPSA) is 3.88 Å². The minimum absolute atomic E-state index is 0.764. The third-order valence-electron chi connectivity index (χ3n) is 7.47. The summed E-state index contributed by atoms with van der Waals surface area (Å²) >= 11 is 0. The van der Waals surface area contributed by atoms with Crippen LogP contribution in [-0.4, -0.2) is 8.07 Å². The smallest absolute Gasteiger partial charge is 0.200 e. The molecule has 2 aromatic carbocycles. The van der Waals surface area contributed by atoms with Crippen LogP contribution in [0, 0.1) is 13.8 Å². The number of aryl methyl sites for hydroxylation is 3. The molecule has 154 valence electrons. The van der Waals surface area contributed by atoms with Crippen molar-refractivity contribution in [2.24, 2.45) is 7.05 Å². The average molecular weight is 405 g/mol. The zero-order valence-corrected chi connectivity index (χ0v) is 20.7. The third kappa shape index (κ3) is 3.68. The van der Waals surface area contributed by atoms with Gasteiger partial charge in [-0.3, -0.25) is 0 Å². The molecular formula is C27H38NSi+. The number of rotatable bonds is 6. The zero-order chi connectivity index (χ0) is 21.3. The van der Waals surface area contributed by atoms with E-state index in [0.29, 0.717) is 0 Å². The van der Waals surface area contributed by atoms with Crippen molar-refractivity contribution < 1.29 is 4.57 Å². The maximum Gasteiger partial charge on any atom is 0.220 e. The lowest BCUT2D eigenvalue weighted by molar-refractivity contribution is -0.659. The highest BCUT2D eigenvalue weighted by Gasteiger charge is 2.35. The van der Waals surface area contributed by atoms with Crippen molar-refractivity contribution >= 4 is 24.0 Å². The van der Waals surface area contributed by atoms with E-state index in [2.05, 4.69) is 103 Å². The molecule has 0 N–H and O–H groups in total. The predicted molar refractivity (Wildman–Crippen MR) is 131 cm³/mol. The van der Waals surface area contributed by atoms with Crippen LogP contribution in [0.25, 0.3) is 22.0 Å². The average Bonchev–Trinajstić information content (AvgIpc) is 2.71. The van der Waals surface area contributed by atoms with E-state index in [1.54, 1.807) is 5.19 Å². The second kappa shape index (κ2) is 8.43. The van der Waals surface area contributed by atoms with E-state index < -0.39 is 8.07 Å². The SMILES string of the molecule is CCc1cc(C)c(C)c(-c2c3ccc([Si](CC)(CC)C(C)C)cc3cc[n+]2C)c1. The first-order chi connectivity index (χ1) is 13.8. The van der Waals surface area contributed by atoms with Crippen LogP contribution < -0.4 is 9.75 Å². The van der Waals surface area contributed by atoms with Gasteiger partial charge in [-0.2, -0.15) is 0 Å². The van der Waals surface area contributed by atoms with E-state index in [1.807, 2.05) is 0 Å². The van der Waals surface area contributed by atoms with E-state index in [1.165, 1.54) is 50.8 Å². The number of pyridine rings is 1. The van der Waals surface area contributed by atoms with E-state index in [4.69, 9.17) is 0 Å². The minimum Gasteiger partial charge on any atom is -0.200 e. The monoisotopic (exact) mass is 404 g/mol. The lowest BCUT2D eigenvalue weighted by Gasteiger charge is -2.34. The summed E-state index contributed by atoms with van der Waals surface area (Å²) in [6.45, 7) is 16.4. The van der Waals surface area contributed by atoms with Crippen LogP contribution in [0.15, 0.2) is 42.6 Å². The summed E-state index contributed by atoms with van der Waals surface area (Å²) in [5, 5.41) is 4.38. The lowest BCUT2D eigenvalue weighted by Crippen LogP contribution is -2.49. The van der Waals surface area contributed by atoms with Crippen LogP contribution in [0.4, 0.5) is 0 Å². The molecule has 0 bridgehead atoms. The van der Waals surface area contributed by atoms with Gasteiger partial charge in [-0.15, -0.1) is 0 Å². The van der Waals surface area contributed by atoms with Crippen LogP contribution >= 0.6 is 0 Å². The highest BCUT2D eigenvalue weighted by Crippen LogP contribution is 2.33. The normalized spacial score (nSPS) is 12.2. The van der Waals surface area contributed by atoms with Gasteiger partial charge in [-0.05, 0) is 60.0 Å². The Morgan fingerprint density at radius 3 is 2.21 bits per heavy atom. The van der Waals surface area contributed by atoms with Crippen LogP contribution in [0.2, 0.25) is 17.6 Å². The molecule has 3 rings (SSSR count). The molecule has 0 fully saturated rings. The number of nitrogens with zero attached hydrogens (tertiary/aromatic N) is 1. The van der Waals surface area contributed by atoms with Crippen molar-refractivity contribution in [1.82, 2.24) is 0 Å². The van der Waals surface area contributed by atoms with Gasteiger partial charge in [0.1, 0.15) is 7.05 Å². The quantitative estimate of drug-likeness (QED) is 0.321. The Hall–Kier alpha value is -1.93. The molecule has 1 nitrogen and oxygen atoms in total. The van der Waals surface area contributed by atoms with Crippen molar-refractivity contribution in [3.8, 4) is 11.3 Å². The largest absolute Gasteiger partial charge is 0.220 e. The second-order valence-electron chi connectivity index (χ2n) is 9.03. The van der Waals surface area contributed by atoms with Gasteiger partial charge in [0.05, 0.1) is 19.0 Å². The van der Waals surface area contributed by atoms with Crippen LogP contribution in [0.5, 0.6) is 0 Å². The lowest BCUT2D eigenvalue weighted by atomic mass is 9.93. The molecule has 0 aliphatic heterocycles. The molecule has 0 atom stereocenters. The molecule has 0 radical (unpaired) electrons. The van der Waals surface area contributed by atoms with Gasteiger partial charge in [0.25, 0.3) is 0 Å². The number of hydrogen-bond donors (Lipinski definition) is 0. The molecule has 0 amide bonds. The van der Waals surface area contributed by atoms with E-state index in [0.717, 1.165) is 12.0 Å². The minimum atomic E-state index is -1.47. The highest BCUT2D eigenvalue weighted by molar-refractivity contribution is 6.92. The van der Waals surface area contributed by atoms with E-state index >= 15 is 0 Å². The first kappa shape index (κ1) is 21.8. The molecule has 29 heavy (non-hydrogen) atoms. The van der Waals surface area contributed by atoms with Crippen molar-refractivity contribution in [2.45, 2.75) is 72.5 Å². The van der Waals surface area contributed by atoms with Gasteiger partial charge in [0.2, 0.25) is 5.69 Å². The Kier molecular flexibility index (Phi) is 6.33. The first-order valence-corrected chi connectivity index (χ1v) is 13.8. The molecule has 0 unspecified atom stereocenters. The summed E-state index contributed by atoms with van der Waals surface area (Å²) < 4.78 is 2.30. The molecular weight excluding hydrogens is 366 g/mol. The van der Waals surface area contributed by atoms with Crippen LogP contribution in [-0.2, 0) is 13.5 Å². The summed E-state index contributed by atoms with van der Waals surface area (Å²) in [4.78, 5) is 0. The summed E-state index contributed by atoms with van der Waals surface area (Å²) in [5.74, 6) is 0. The Morgan fingerprint density at radius 1 is 0.931 bits per heavy atom. The fraction of sp³-hybridized carbons (Fsp3) is 0.444. The van der Waals surface area contributed by atoms with Crippen molar-refractivity contribution in [3.63, 3.8) is 0 Å². The first-order valence-electron chi connectivity index (χ1n) is 11.3. The van der Waals surface area contributed by atoms with E-state index in [-0.39, 0.29) is 0 Å². The van der Waals surface area contributed by atoms with Gasteiger partial charge in [-0.1, -0.05) is 70.1 Å². The predicted octanol–water partition coefficient (Wildman–Crippen LogP) is 6.62. The molecule has 0 aliphatic rings. The Labute approximate surface area is 178 Å². The Morgan fingerprint density at radius 2 is 1.62 bits per heavy atom. The number of aromatic nitrogens is 1. The number of benzene rings is 2. The summed E-state index contributed by atoms with van der Waals surface area (Å²) in [6, 6.07) is 17.1. The van der Waals surface area contributed by atoms with Crippen molar-refractivity contribution in [3.05, 3.63) is 59.3 Å². The second-order valence-corrected chi connectivity index (χ2v) is 14.5. The Bertz CT molecular complexity index is 1030. The fourth-order valence-corrected chi connectivity index (χ4v) is 9.68. The summed E-state index contributed by atoms with van der Waals surface area (Å²) in [7, 11) is 0.716. The number of fused-ring (bicyclic) bond motifs is 1. The van der Waals surface area contributed by atoms with Crippen LogP contribution in [0.3, 0.4) is 0 Å². The Balaban J connectivity index is 2.29. The highest BCUT2D eigenvalue weighted by atomic mass is 28.3. The van der Waals surface area contributed by atoms with Gasteiger partial charge in [0, 0.05) is 6.07 Å². The summed E-state index contributed by atoms with van der Waals surface area (Å²) in [6.07, 6.45) is 3.31. The zero-order valence-electron chi connectivity index (χ0n) is 19.7. The van der Waals surface area contributed by atoms with Gasteiger partial charge < -0.3 is 0 Å². The van der Waals surface area contributed by atoms with Crippen molar-refractivity contribution in [1.29, 1.82) is 0 Å². The van der Waals surface area contributed by atoms with Crippen LogP contribution in [0.1, 0.15) is 51.3 Å². The standard InChI is InChI=1S/C27H38NSi/c1-9-22-16-20(6)21(7)26(17-22)27-25-13-12-24(18-23(25)14-15-28(27)8)29(10-2,11-3)19(4)5/h12-19H,9-11H2,1-8H3/q+1. The summed E-state index contributed by atoms with van der Waals surface area (Å²) in [5.41, 5.74) is 7.68. The third-order valence-corrected chi connectivity index (χ3v) is 13.7. The van der Waals surface area contributed by atoms with Gasteiger partial charge in [-0.25, -0.2) is 4.57 Å². The molecule has 0 saturated heterocycles. The van der Waals surface area contributed by atoms with Crippen molar-refractivity contribution in [2.75, 3.05) is 0 Å². The molecule has 3 aromatic rings. The maximum absolute atomic E-state index is 2.52. The molecule has 0 saturated carbocycles. The van der Waals surface area contributed by atoms with E-state index in [9.17, 15) is 0 Å². The van der Waals surface area contributed by atoms with Gasteiger partial charge in [0.15, 0.2) is 6.20 Å². The number of hydrogen-bond acceptors (Lipinski definition) is 0. The maximum atomic E-state index is 2.52. The molecule has 2 heteroatoms.